The fourth-order valence-corrected chi connectivity index (χ4v) is 3.24. The molecule has 19 heavy (non-hydrogen) atoms. The molecule has 1 aliphatic heterocycles. The average Bonchev–Trinajstić information content (AvgIpc) is 3.10. The third-order valence-electron chi connectivity index (χ3n) is 3.61. The second-order valence-corrected chi connectivity index (χ2v) is 5.95. The highest BCUT2D eigenvalue weighted by atomic mass is 32.1. The molecular weight excluding hydrogens is 252 g/mol. The van der Waals surface area contributed by atoms with Crippen molar-refractivity contribution in [3.63, 3.8) is 0 Å². The van der Waals surface area contributed by atoms with Gasteiger partial charge in [0, 0.05) is 18.8 Å². The maximum atomic E-state index is 3.50. The lowest BCUT2D eigenvalue weighted by Gasteiger charge is -2.15. The number of rotatable bonds is 5. The largest absolute Gasteiger partial charge is 0.381 e. The van der Waals surface area contributed by atoms with Crippen LogP contribution >= 0.6 is 11.3 Å². The van der Waals surface area contributed by atoms with E-state index in [2.05, 4.69) is 51.3 Å². The first-order valence-corrected chi connectivity index (χ1v) is 7.91. The molecule has 1 aromatic heterocycles. The first kappa shape index (κ1) is 12.7. The average molecular weight is 272 g/mol. The highest BCUT2D eigenvalue weighted by Gasteiger charge is 2.11. The van der Waals surface area contributed by atoms with Gasteiger partial charge < -0.3 is 5.32 Å². The van der Waals surface area contributed by atoms with E-state index in [1.165, 1.54) is 42.7 Å². The Morgan fingerprint density at radius 1 is 1.11 bits per heavy atom. The number of benzene rings is 1. The Morgan fingerprint density at radius 2 is 2.00 bits per heavy atom. The van der Waals surface area contributed by atoms with Gasteiger partial charge in [-0.3, -0.25) is 4.90 Å². The number of hydrogen-bond acceptors (Lipinski definition) is 3. The Balaban J connectivity index is 1.59. The van der Waals surface area contributed by atoms with E-state index in [1.807, 2.05) is 0 Å². The van der Waals surface area contributed by atoms with E-state index in [1.54, 1.807) is 11.3 Å². The Labute approximate surface area is 119 Å². The van der Waals surface area contributed by atoms with Crippen LogP contribution in [0.1, 0.15) is 24.0 Å². The second-order valence-electron chi connectivity index (χ2n) is 5.17. The molecule has 0 saturated carbocycles. The zero-order valence-corrected chi connectivity index (χ0v) is 12.0. The van der Waals surface area contributed by atoms with Crippen LogP contribution in [0.15, 0.2) is 41.1 Å². The summed E-state index contributed by atoms with van der Waals surface area (Å²) < 4.78 is 0. The molecule has 1 aliphatic rings. The fraction of sp³-hybridized carbons (Fsp3) is 0.375. The monoisotopic (exact) mass is 272 g/mol. The van der Waals surface area contributed by atoms with Crippen LogP contribution in [0.2, 0.25) is 0 Å². The quantitative estimate of drug-likeness (QED) is 0.886. The van der Waals surface area contributed by atoms with Gasteiger partial charge in [0.05, 0.1) is 0 Å². The number of thiophene rings is 1. The predicted molar refractivity (Wildman–Crippen MR) is 82.6 cm³/mol. The first-order chi connectivity index (χ1) is 9.40. The maximum absolute atomic E-state index is 3.50. The predicted octanol–water partition coefficient (Wildman–Crippen LogP) is 3.96. The number of anilines is 1. The molecule has 0 radical (unpaired) electrons. The maximum Gasteiger partial charge on any atom is 0.0409 e. The Bertz CT molecular complexity index is 501. The van der Waals surface area contributed by atoms with Gasteiger partial charge in [0.15, 0.2) is 0 Å². The molecule has 0 unspecified atom stereocenters. The standard InChI is InChI=1S/C16H20N2S/c1-2-8-18(7-1)12-14-4-3-5-16(10-14)17-11-15-6-9-19-13-15/h3-6,9-10,13,17H,1-2,7-8,11-12H2. The summed E-state index contributed by atoms with van der Waals surface area (Å²) in [4.78, 5) is 2.54. The van der Waals surface area contributed by atoms with E-state index in [4.69, 9.17) is 0 Å². The van der Waals surface area contributed by atoms with Crippen molar-refractivity contribution in [1.29, 1.82) is 0 Å². The molecular formula is C16H20N2S. The van der Waals surface area contributed by atoms with Gasteiger partial charge in [-0.1, -0.05) is 12.1 Å². The van der Waals surface area contributed by atoms with Crippen LogP contribution in [0.3, 0.4) is 0 Å². The van der Waals surface area contributed by atoms with Crippen LogP contribution in [-0.4, -0.2) is 18.0 Å². The molecule has 3 rings (SSSR count). The molecule has 100 valence electrons. The molecule has 2 nitrogen and oxygen atoms in total. The minimum atomic E-state index is 0.913. The molecule has 1 aromatic carbocycles. The van der Waals surface area contributed by atoms with E-state index < -0.39 is 0 Å². The van der Waals surface area contributed by atoms with Gasteiger partial charge >= 0.3 is 0 Å². The third-order valence-corrected chi connectivity index (χ3v) is 4.34. The van der Waals surface area contributed by atoms with Crippen LogP contribution in [0.5, 0.6) is 0 Å². The normalized spacial score (nSPS) is 15.8. The third kappa shape index (κ3) is 3.58. The van der Waals surface area contributed by atoms with Crippen molar-refractivity contribution in [2.45, 2.75) is 25.9 Å². The topological polar surface area (TPSA) is 15.3 Å². The Kier molecular flexibility index (Phi) is 4.16. The SMILES string of the molecule is c1cc(CN2CCCC2)cc(NCc2ccsc2)c1. The number of likely N-dealkylation sites (tertiary alicyclic amines) is 1. The van der Waals surface area contributed by atoms with Crippen LogP contribution < -0.4 is 5.32 Å². The minimum absolute atomic E-state index is 0.913. The van der Waals surface area contributed by atoms with E-state index >= 15 is 0 Å². The number of nitrogens with zero attached hydrogens (tertiary/aromatic N) is 1. The summed E-state index contributed by atoms with van der Waals surface area (Å²) in [7, 11) is 0. The molecule has 2 aromatic rings. The van der Waals surface area contributed by atoms with Crippen molar-refractivity contribution in [2.24, 2.45) is 0 Å². The van der Waals surface area contributed by atoms with Crippen LogP contribution in [0, 0.1) is 0 Å². The van der Waals surface area contributed by atoms with E-state index in [0.29, 0.717) is 0 Å². The van der Waals surface area contributed by atoms with Crippen LogP contribution in [0.4, 0.5) is 5.69 Å². The van der Waals surface area contributed by atoms with E-state index in [0.717, 1.165) is 13.1 Å². The molecule has 1 saturated heterocycles. The minimum Gasteiger partial charge on any atom is -0.381 e. The summed E-state index contributed by atoms with van der Waals surface area (Å²) in [5, 5.41) is 7.82. The van der Waals surface area contributed by atoms with Crippen LogP contribution in [0.25, 0.3) is 0 Å². The Morgan fingerprint density at radius 3 is 2.79 bits per heavy atom. The molecule has 0 aliphatic carbocycles. The lowest BCUT2D eigenvalue weighted by molar-refractivity contribution is 0.331. The van der Waals surface area contributed by atoms with Gasteiger partial charge in [-0.25, -0.2) is 0 Å². The summed E-state index contributed by atoms with van der Waals surface area (Å²) in [6, 6.07) is 11.0. The lowest BCUT2D eigenvalue weighted by atomic mass is 10.2. The highest BCUT2D eigenvalue weighted by molar-refractivity contribution is 7.07. The molecule has 1 N–H and O–H groups in total. The molecule has 1 fully saturated rings. The zero-order valence-electron chi connectivity index (χ0n) is 11.1. The Hall–Kier alpha value is -1.32. The zero-order chi connectivity index (χ0) is 12.9. The summed E-state index contributed by atoms with van der Waals surface area (Å²) in [5.41, 5.74) is 4.00. The van der Waals surface area contributed by atoms with Crippen molar-refractivity contribution >= 4 is 17.0 Å². The molecule has 0 spiro atoms. The second kappa shape index (κ2) is 6.22. The van der Waals surface area contributed by atoms with Gasteiger partial charge in [0.2, 0.25) is 0 Å². The smallest absolute Gasteiger partial charge is 0.0409 e. The van der Waals surface area contributed by atoms with Gasteiger partial charge in [0.1, 0.15) is 0 Å². The van der Waals surface area contributed by atoms with Gasteiger partial charge in [-0.15, -0.1) is 0 Å². The summed E-state index contributed by atoms with van der Waals surface area (Å²) in [6.45, 7) is 4.52. The molecule has 0 bridgehead atoms. The van der Waals surface area contributed by atoms with Gasteiger partial charge in [0.25, 0.3) is 0 Å². The van der Waals surface area contributed by atoms with E-state index in [9.17, 15) is 0 Å². The van der Waals surface area contributed by atoms with Gasteiger partial charge in [-0.2, -0.15) is 11.3 Å². The van der Waals surface area contributed by atoms with Crippen LogP contribution in [-0.2, 0) is 13.1 Å². The molecule has 3 heteroatoms. The highest BCUT2D eigenvalue weighted by Crippen LogP contribution is 2.17. The number of hydrogen-bond donors (Lipinski definition) is 1. The molecule has 2 heterocycles. The van der Waals surface area contributed by atoms with Crippen molar-refractivity contribution in [3.8, 4) is 0 Å². The molecule has 0 atom stereocenters. The van der Waals surface area contributed by atoms with Crippen molar-refractivity contribution < 1.29 is 0 Å². The summed E-state index contributed by atoms with van der Waals surface area (Å²) >= 11 is 1.75. The fourth-order valence-electron chi connectivity index (χ4n) is 2.58. The van der Waals surface area contributed by atoms with Crippen molar-refractivity contribution in [1.82, 2.24) is 4.90 Å². The number of nitrogens with one attached hydrogen (secondary N) is 1. The first-order valence-electron chi connectivity index (χ1n) is 6.96. The van der Waals surface area contributed by atoms with Gasteiger partial charge in [-0.05, 0) is 66.0 Å². The summed E-state index contributed by atoms with van der Waals surface area (Å²) in [6.07, 6.45) is 2.71. The van der Waals surface area contributed by atoms with Crippen molar-refractivity contribution in [2.75, 3.05) is 18.4 Å². The van der Waals surface area contributed by atoms with Crippen molar-refractivity contribution in [3.05, 3.63) is 52.2 Å². The molecule has 0 amide bonds. The van der Waals surface area contributed by atoms with E-state index in [-0.39, 0.29) is 0 Å². The lowest BCUT2D eigenvalue weighted by Crippen LogP contribution is -2.18. The summed E-state index contributed by atoms with van der Waals surface area (Å²) in [5.74, 6) is 0.